The molecule has 0 bridgehead atoms. The number of allylic oxidation sites excluding steroid dienone is 9. The van der Waals surface area contributed by atoms with Crippen LogP contribution in [0.15, 0.2) is 70.9 Å². The van der Waals surface area contributed by atoms with Crippen molar-refractivity contribution in [3.63, 3.8) is 0 Å². The normalized spacial score (nSPS) is 17.3. The summed E-state index contributed by atoms with van der Waals surface area (Å²) in [5.74, 6) is 1.01. The molecular formula is C26H43Cl. The number of rotatable bonds is 5. The van der Waals surface area contributed by atoms with Crippen LogP contribution in [-0.4, -0.2) is 0 Å². The first kappa shape index (κ1) is 27.9. The van der Waals surface area contributed by atoms with Gasteiger partial charge in [-0.1, -0.05) is 88.4 Å². The summed E-state index contributed by atoms with van der Waals surface area (Å²) in [5, 5.41) is 0.683. The van der Waals surface area contributed by atoms with Crippen LogP contribution in [-0.2, 0) is 0 Å². The summed E-state index contributed by atoms with van der Waals surface area (Å²) in [6.45, 7) is 30.6. The van der Waals surface area contributed by atoms with Crippen molar-refractivity contribution in [3.05, 3.63) is 70.9 Å². The molecule has 0 atom stereocenters. The Morgan fingerprint density at radius 3 is 1.63 bits per heavy atom. The van der Waals surface area contributed by atoms with Crippen LogP contribution in [0, 0.1) is 11.3 Å². The molecule has 1 rings (SSSR count). The van der Waals surface area contributed by atoms with Gasteiger partial charge in [-0.2, -0.15) is 0 Å². The second kappa shape index (κ2) is 13.8. The van der Waals surface area contributed by atoms with Crippen LogP contribution in [0.1, 0.15) is 81.6 Å². The lowest BCUT2D eigenvalue weighted by atomic mass is 9.65. The van der Waals surface area contributed by atoms with E-state index in [2.05, 4.69) is 60.4 Å². The first-order chi connectivity index (χ1) is 12.4. The average molecular weight is 391 g/mol. The molecule has 0 aromatic heterocycles. The summed E-state index contributed by atoms with van der Waals surface area (Å²) in [5.41, 5.74) is 6.36. The topological polar surface area (TPSA) is 0 Å². The van der Waals surface area contributed by atoms with Gasteiger partial charge in [-0.25, -0.2) is 0 Å². The van der Waals surface area contributed by atoms with Gasteiger partial charge in [0.2, 0.25) is 0 Å². The molecule has 1 aliphatic rings. The van der Waals surface area contributed by atoms with Gasteiger partial charge in [-0.3, -0.25) is 0 Å². The lowest BCUT2D eigenvalue weighted by Crippen LogP contribution is -2.29. The molecule has 0 radical (unpaired) electrons. The van der Waals surface area contributed by atoms with Crippen molar-refractivity contribution in [1.29, 1.82) is 0 Å². The average Bonchev–Trinajstić information content (AvgIpc) is 2.59. The predicted molar refractivity (Wildman–Crippen MR) is 128 cm³/mol. The van der Waals surface area contributed by atoms with Gasteiger partial charge in [0, 0.05) is 5.03 Å². The van der Waals surface area contributed by atoms with Gasteiger partial charge in [0.1, 0.15) is 0 Å². The molecule has 0 nitrogen and oxygen atoms in total. The molecular weight excluding hydrogens is 348 g/mol. The molecule has 1 fully saturated rings. The molecule has 0 aromatic carbocycles. The third-order valence-corrected chi connectivity index (χ3v) is 5.28. The van der Waals surface area contributed by atoms with Gasteiger partial charge in [0.05, 0.1) is 0 Å². The summed E-state index contributed by atoms with van der Waals surface area (Å²) >= 11 is 6.04. The van der Waals surface area contributed by atoms with Crippen molar-refractivity contribution >= 4 is 11.6 Å². The SMILES string of the molecule is C=C(C)/C(C)=C\C.C=C/C(Cl)=C(C(=C)CC)\C(C)=C/C.CC1CC(C)(C)C1. The summed E-state index contributed by atoms with van der Waals surface area (Å²) in [6.07, 6.45) is 9.53. The van der Waals surface area contributed by atoms with Crippen molar-refractivity contribution in [3.8, 4) is 0 Å². The first-order valence-electron chi connectivity index (χ1n) is 9.99. The van der Waals surface area contributed by atoms with Gasteiger partial charge in [-0.05, 0) is 81.9 Å². The van der Waals surface area contributed by atoms with E-state index in [0.717, 1.165) is 34.6 Å². The molecule has 0 unspecified atom stereocenters. The Morgan fingerprint density at radius 1 is 1.04 bits per heavy atom. The summed E-state index contributed by atoms with van der Waals surface area (Å²) in [7, 11) is 0. The molecule has 1 aliphatic carbocycles. The zero-order chi connectivity index (χ0) is 21.8. The van der Waals surface area contributed by atoms with E-state index in [0.29, 0.717) is 10.4 Å². The molecule has 0 aromatic rings. The maximum atomic E-state index is 6.04. The van der Waals surface area contributed by atoms with Gasteiger partial charge < -0.3 is 0 Å². The fourth-order valence-electron chi connectivity index (χ4n) is 3.13. The Kier molecular flexibility index (Phi) is 14.3. The number of hydrogen-bond donors (Lipinski definition) is 0. The van der Waals surface area contributed by atoms with E-state index < -0.39 is 0 Å². The Labute approximate surface area is 175 Å². The molecule has 0 saturated heterocycles. The molecule has 0 spiro atoms. The maximum absolute atomic E-state index is 6.04. The van der Waals surface area contributed by atoms with Gasteiger partial charge in [0.15, 0.2) is 0 Å². The molecule has 0 amide bonds. The lowest BCUT2D eigenvalue weighted by molar-refractivity contribution is 0.111. The fourth-order valence-corrected chi connectivity index (χ4v) is 3.42. The third-order valence-electron chi connectivity index (χ3n) is 4.93. The fraction of sp³-hybridized carbons (Fsp3) is 0.538. The third kappa shape index (κ3) is 11.9. The highest BCUT2D eigenvalue weighted by Crippen LogP contribution is 2.43. The minimum Gasteiger partial charge on any atom is -0.0976 e. The minimum atomic E-state index is 0.683. The van der Waals surface area contributed by atoms with Crippen molar-refractivity contribution in [2.24, 2.45) is 11.3 Å². The van der Waals surface area contributed by atoms with E-state index in [1.165, 1.54) is 18.4 Å². The van der Waals surface area contributed by atoms with Crippen LogP contribution in [0.4, 0.5) is 0 Å². The van der Waals surface area contributed by atoms with Crippen molar-refractivity contribution in [1.82, 2.24) is 0 Å². The molecule has 27 heavy (non-hydrogen) atoms. The van der Waals surface area contributed by atoms with Crippen LogP contribution in [0.2, 0.25) is 0 Å². The Hall–Kier alpha value is -1.27. The molecule has 0 N–H and O–H groups in total. The van der Waals surface area contributed by atoms with E-state index in [1.807, 2.05) is 33.8 Å². The van der Waals surface area contributed by atoms with Gasteiger partial charge in [-0.15, -0.1) is 0 Å². The van der Waals surface area contributed by atoms with Crippen molar-refractivity contribution in [2.75, 3.05) is 0 Å². The Balaban J connectivity index is 0. The molecule has 154 valence electrons. The second-order valence-electron chi connectivity index (χ2n) is 8.29. The van der Waals surface area contributed by atoms with E-state index in [9.17, 15) is 0 Å². The van der Waals surface area contributed by atoms with Crippen LogP contribution in [0.5, 0.6) is 0 Å². The molecule has 1 saturated carbocycles. The monoisotopic (exact) mass is 390 g/mol. The summed E-state index contributed by atoms with van der Waals surface area (Å²) in [4.78, 5) is 0. The second-order valence-corrected chi connectivity index (χ2v) is 8.69. The Bertz CT molecular complexity index is 586. The quantitative estimate of drug-likeness (QED) is 0.409. The predicted octanol–water partition coefficient (Wildman–Crippen LogP) is 9.57. The molecule has 0 aliphatic heterocycles. The number of hydrogen-bond acceptors (Lipinski definition) is 0. The molecule has 1 heteroatoms. The Morgan fingerprint density at radius 2 is 1.48 bits per heavy atom. The van der Waals surface area contributed by atoms with E-state index in [-0.39, 0.29) is 0 Å². The van der Waals surface area contributed by atoms with E-state index >= 15 is 0 Å². The molecule has 0 heterocycles. The smallest absolute Gasteiger partial charge is 0.0477 e. The zero-order valence-electron chi connectivity index (χ0n) is 19.4. The largest absolute Gasteiger partial charge is 0.0976 e. The zero-order valence-corrected chi connectivity index (χ0v) is 20.2. The van der Waals surface area contributed by atoms with Crippen LogP contribution in [0.3, 0.4) is 0 Å². The number of halogens is 1. The summed E-state index contributed by atoms with van der Waals surface area (Å²) in [6, 6.07) is 0. The standard InChI is InChI=1S/C12H17Cl.C7H14.C7H12/c1-6-9(4)12(10(5)7-2)11(13)8-3;1-6-4-7(2,3)5-6;1-5-7(4)6(2)3/h7-8H,3-4,6H2,1-2,5H3;6H,4-5H2,1-3H3;5H,2H2,1,3-4H3/b10-7-,12-11+;;7-5-. The minimum absolute atomic E-state index is 0.683. The van der Waals surface area contributed by atoms with Crippen LogP contribution < -0.4 is 0 Å². The summed E-state index contributed by atoms with van der Waals surface area (Å²) < 4.78 is 0. The highest BCUT2D eigenvalue weighted by atomic mass is 35.5. The maximum Gasteiger partial charge on any atom is 0.0477 e. The van der Waals surface area contributed by atoms with E-state index in [4.69, 9.17) is 11.6 Å². The van der Waals surface area contributed by atoms with Crippen molar-refractivity contribution in [2.45, 2.75) is 81.6 Å². The lowest BCUT2D eigenvalue weighted by Gasteiger charge is -2.40. The first-order valence-corrected chi connectivity index (χ1v) is 10.4. The van der Waals surface area contributed by atoms with Crippen LogP contribution in [0.25, 0.3) is 0 Å². The highest BCUT2D eigenvalue weighted by molar-refractivity contribution is 6.32. The van der Waals surface area contributed by atoms with Crippen molar-refractivity contribution < 1.29 is 0 Å². The van der Waals surface area contributed by atoms with Gasteiger partial charge >= 0.3 is 0 Å². The highest BCUT2D eigenvalue weighted by Gasteiger charge is 2.32. The van der Waals surface area contributed by atoms with Crippen LogP contribution >= 0.6 is 11.6 Å². The van der Waals surface area contributed by atoms with E-state index in [1.54, 1.807) is 6.08 Å². The van der Waals surface area contributed by atoms with Gasteiger partial charge in [0.25, 0.3) is 0 Å².